The fourth-order valence-corrected chi connectivity index (χ4v) is 4.78. The highest BCUT2D eigenvalue weighted by Crippen LogP contribution is 2.18. The molecule has 0 atom stereocenters. The van der Waals surface area contributed by atoms with E-state index >= 15 is 0 Å². The standard InChI is InChI=1S/C17H20FN5O4S2/c18-13-4-6-14(7-5-13)29(26,27)23-10-8-22(9-11-23)16(25)3-1-2-15(24)20-17-21-19-12-28-17/h4-7,12H,1-3,8-11H2,(H,20,21,24). The zero-order chi connectivity index (χ0) is 20.9. The zero-order valence-electron chi connectivity index (χ0n) is 15.5. The summed E-state index contributed by atoms with van der Waals surface area (Å²) < 4.78 is 39.5. The van der Waals surface area contributed by atoms with Crippen molar-refractivity contribution in [3.63, 3.8) is 0 Å². The minimum Gasteiger partial charge on any atom is -0.340 e. The molecule has 1 aromatic carbocycles. The molecule has 29 heavy (non-hydrogen) atoms. The van der Waals surface area contributed by atoms with Gasteiger partial charge in [-0.05, 0) is 30.7 Å². The smallest absolute Gasteiger partial charge is 0.243 e. The summed E-state index contributed by atoms with van der Waals surface area (Å²) in [5.74, 6) is -0.853. The summed E-state index contributed by atoms with van der Waals surface area (Å²) in [6.07, 6.45) is 0.774. The number of amides is 2. The van der Waals surface area contributed by atoms with Gasteiger partial charge in [-0.2, -0.15) is 4.31 Å². The molecule has 0 unspecified atom stereocenters. The highest BCUT2D eigenvalue weighted by atomic mass is 32.2. The number of carbonyl (C=O) groups excluding carboxylic acids is 2. The fraction of sp³-hybridized carbons (Fsp3) is 0.412. The second-order valence-corrected chi connectivity index (χ2v) is 9.16. The van der Waals surface area contributed by atoms with E-state index in [0.29, 0.717) is 11.6 Å². The number of aromatic nitrogens is 2. The van der Waals surface area contributed by atoms with E-state index in [1.807, 2.05) is 0 Å². The molecule has 3 rings (SSSR count). The molecule has 0 aliphatic carbocycles. The second kappa shape index (κ2) is 9.37. The van der Waals surface area contributed by atoms with Crippen molar-refractivity contribution in [1.29, 1.82) is 0 Å². The summed E-state index contributed by atoms with van der Waals surface area (Å²) in [4.78, 5) is 25.7. The number of nitrogens with zero attached hydrogens (tertiary/aromatic N) is 4. The minimum atomic E-state index is -3.72. The molecule has 1 aliphatic rings. The van der Waals surface area contributed by atoms with Gasteiger partial charge in [0, 0.05) is 39.0 Å². The van der Waals surface area contributed by atoms with Crippen molar-refractivity contribution < 1.29 is 22.4 Å². The van der Waals surface area contributed by atoms with Gasteiger partial charge >= 0.3 is 0 Å². The van der Waals surface area contributed by atoms with Crippen LogP contribution >= 0.6 is 11.3 Å². The molecule has 2 aromatic rings. The van der Waals surface area contributed by atoms with Gasteiger partial charge in [-0.1, -0.05) is 11.3 Å². The summed E-state index contributed by atoms with van der Waals surface area (Å²) in [7, 11) is -3.72. The molecule has 1 N–H and O–H groups in total. The number of rotatable bonds is 7. The Kier molecular flexibility index (Phi) is 6.87. The third-order valence-electron chi connectivity index (χ3n) is 4.44. The van der Waals surface area contributed by atoms with Gasteiger partial charge in [0.15, 0.2) is 0 Å². The molecule has 0 radical (unpaired) electrons. The van der Waals surface area contributed by atoms with E-state index in [4.69, 9.17) is 0 Å². The molecule has 1 aliphatic heterocycles. The SMILES string of the molecule is O=C(CCCC(=O)N1CCN(S(=O)(=O)c2ccc(F)cc2)CC1)Nc1nncs1. The average molecular weight is 442 g/mol. The number of halogens is 1. The maximum atomic E-state index is 13.0. The summed E-state index contributed by atoms with van der Waals surface area (Å²) in [6, 6.07) is 4.67. The van der Waals surface area contributed by atoms with E-state index < -0.39 is 15.8 Å². The quantitative estimate of drug-likeness (QED) is 0.693. The van der Waals surface area contributed by atoms with E-state index in [2.05, 4.69) is 15.5 Å². The number of hydrogen-bond acceptors (Lipinski definition) is 7. The molecule has 0 saturated carbocycles. The summed E-state index contributed by atoms with van der Waals surface area (Å²) >= 11 is 1.21. The Labute approximate surface area is 171 Å². The van der Waals surface area contributed by atoms with Crippen LogP contribution in [0.15, 0.2) is 34.7 Å². The van der Waals surface area contributed by atoms with E-state index in [0.717, 1.165) is 12.1 Å². The van der Waals surface area contributed by atoms with Crippen LogP contribution in [0.5, 0.6) is 0 Å². The first kappa shape index (κ1) is 21.3. The molecule has 2 heterocycles. The lowest BCUT2D eigenvalue weighted by molar-refractivity contribution is -0.132. The minimum absolute atomic E-state index is 0.0279. The van der Waals surface area contributed by atoms with Crippen LogP contribution in [0.3, 0.4) is 0 Å². The van der Waals surface area contributed by atoms with Crippen molar-refractivity contribution in [2.75, 3.05) is 31.5 Å². The Bertz CT molecular complexity index is 943. The Balaban J connectivity index is 1.43. The van der Waals surface area contributed by atoms with Crippen LogP contribution in [-0.4, -0.2) is 65.8 Å². The van der Waals surface area contributed by atoms with Gasteiger partial charge in [0.25, 0.3) is 0 Å². The lowest BCUT2D eigenvalue weighted by Crippen LogP contribution is -2.50. The number of piperazine rings is 1. The van der Waals surface area contributed by atoms with Gasteiger partial charge in [-0.15, -0.1) is 10.2 Å². The van der Waals surface area contributed by atoms with E-state index in [1.54, 1.807) is 4.90 Å². The van der Waals surface area contributed by atoms with Crippen LogP contribution < -0.4 is 5.32 Å². The van der Waals surface area contributed by atoms with Crippen molar-refractivity contribution in [2.24, 2.45) is 0 Å². The average Bonchev–Trinajstić information content (AvgIpc) is 3.21. The summed E-state index contributed by atoms with van der Waals surface area (Å²) in [5, 5.41) is 10.4. The van der Waals surface area contributed by atoms with Crippen molar-refractivity contribution in [1.82, 2.24) is 19.4 Å². The van der Waals surface area contributed by atoms with Crippen LogP contribution in [0, 0.1) is 5.82 Å². The number of sulfonamides is 1. The Morgan fingerprint density at radius 1 is 1.10 bits per heavy atom. The largest absolute Gasteiger partial charge is 0.340 e. The molecular weight excluding hydrogens is 421 g/mol. The van der Waals surface area contributed by atoms with Crippen molar-refractivity contribution in [3.05, 3.63) is 35.6 Å². The summed E-state index contributed by atoms with van der Waals surface area (Å²) in [6.45, 7) is 0.887. The molecule has 0 bridgehead atoms. The van der Waals surface area contributed by atoms with Crippen molar-refractivity contribution >= 4 is 38.3 Å². The van der Waals surface area contributed by atoms with Crippen LogP contribution in [0.4, 0.5) is 9.52 Å². The van der Waals surface area contributed by atoms with Gasteiger partial charge in [0.05, 0.1) is 4.90 Å². The third kappa shape index (κ3) is 5.55. The van der Waals surface area contributed by atoms with Crippen molar-refractivity contribution in [3.8, 4) is 0 Å². The molecular formula is C17H20FN5O4S2. The maximum Gasteiger partial charge on any atom is 0.243 e. The Morgan fingerprint density at radius 3 is 2.41 bits per heavy atom. The number of benzene rings is 1. The first-order valence-electron chi connectivity index (χ1n) is 8.96. The van der Waals surface area contributed by atoms with Crippen LogP contribution in [0.2, 0.25) is 0 Å². The predicted octanol–water partition coefficient (Wildman–Crippen LogP) is 1.32. The van der Waals surface area contributed by atoms with E-state index in [9.17, 15) is 22.4 Å². The van der Waals surface area contributed by atoms with Gasteiger partial charge < -0.3 is 10.2 Å². The predicted molar refractivity (Wildman–Crippen MR) is 104 cm³/mol. The number of nitrogens with one attached hydrogen (secondary N) is 1. The highest BCUT2D eigenvalue weighted by molar-refractivity contribution is 7.89. The molecule has 1 saturated heterocycles. The zero-order valence-corrected chi connectivity index (χ0v) is 17.1. The topological polar surface area (TPSA) is 113 Å². The molecule has 0 spiro atoms. The Morgan fingerprint density at radius 2 is 1.79 bits per heavy atom. The second-order valence-electron chi connectivity index (χ2n) is 6.38. The first-order chi connectivity index (χ1) is 13.9. The molecule has 156 valence electrons. The van der Waals surface area contributed by atoms with Crippen LogP contribution in [0.1, 0.15) is 19.3 Å². The summed E-state index contributed by atoms with van der Waals surface area (Å²) in [5.41, 5.74) is 1.51. The number of carbonyl (C=O) groups is 2. The lowest BCUT2D eigenvalue weighted by atomic mass is 10.2. The maximum absolute atomic E-state index is 13.0. The fourth-order valence-electron chi connectivity index (χ4n) is 2.90. The van der Waals surface area contributed by atoms with E-state index in [-0.39, 0.29) is 55.7 Å². The monoisotopic (exact) mass is 441 g/mol. The third-order valence-corrected chi connectivity index (χ3v) is 6.96. The van der Waals surface area contributed by atoms with Crippen LogP contribution in [-0.2, 0) is 19.6 Å². The van der Waals surface area contributed by atoms with Gasteiger partial charge in [-0.25, -0.2) is 12.8 Å². The molecule has 2 amide bonds. The van der Waals surface area contributed by atoms with Gasteiger partial charge in [0.2, 0.25) is 27.0 Å². The highest BCUT2D eigenvalue weighted by Gasteiger charge is 2.30. The molecule has 9 nitrogen and oxygen atoms in total. The molecule has 12 heteroatoms. The van der Waals surface area contributed by atoms with Crippen LogP contribution in [0.25, 0.3) is 0 Å². The molecule has 1 aromatic heterocycles. The number of anilines is 1. The number of hydrogen-bond donors (Lipinski definition) is 1. The normalized spacial score (nSPS) is 15.3. The van der Waals surface area contributed by atoms with Gasteiger partial charge in [-0.3, -0.25) is 9.59 Å². The first-order valence-corrected chi connectivity index (χ1v) is 11.3. The van der Waals surface area contributed by atoms with Crippen molar-refractivity contribution in [2.45, 2.75) is 24.2 Å². The van der Waals surface area contributed by atoms with E-state index in [1.165, 1.54) is 33.3 Å². The molecule has 1 fully saturated rings. The Hall–Kier alpha value is -2.44. The van der Waals surface area contributed by atoms with Gasteiger partial charge in [0.1, 0.15) is 11.3 Å². The lowest BCUT2D eigenvalue weighted by Gasteiger charge is -2.34.